The SMILES string of the molecule is O=c1oc2ccccc2c2cc3c(cc12)c1ccccc1n3-c1ccc2oc3ccccc3c2c1. The molecule has 0 aliphatic rings. The summed E-state index contributed by atoms with van der Waals surface area (Å²) in [7, 11) is 0. The molecule has 0 atom stereocenters. The van der Waals surface area contributed by atoms with Gasteiger partial charge in [0.25, 0.3) is 0 Å². The molecular formula is C31H17NO3. The maximum absolute atomic E-state index is 12.9. The van der Waals surface area contributed by atoms with Crippen molar-refractivity contribution in [1.29, 1.82) is 0 Å². The molecule has 4 nitrogen and oxygen atoms in total. The zero-order valence-corrected chi connectivity index (χ0v) is 18.5. The third-order valence-corrected chi connectivity index (χ3v) is 7.03. The highest BCUT2D eigenvalue weighted by Gasteiger charge is 2.17. The number of hydrogen-bond acceptors (Lipinski definition) is 3. The van der Waals surface area contributed by atoms with Crippen molar-refractivity contribution in [2.45, 2.75) is 0 Å². The van der Waals surface area contributed by atoms with Crippen LogP contribution in [-0.2, 0) is 0 Å². The molecule has 3 heterocycles. The molecule has 8 rings (SSSR count). The van der Waals surface area contributed by atoms with Gasteiger partial charge in [0.05, 0.1) is 16.4 Å². The standard InChI is InChI=1S/C31H17NO3/c33-31-25-16-23-19-7-1-4-10-26(19)32(27(23)17-22(25)20-8-2-6-12-29(20)35-31)18-13-14-30-24(15-18)21-9-3-5-11-28(21)34-30/h1-17H. The van der Waals surface area contributed by atoms with Crippen LogP contribution in [0.25, 0.3) is 71.2 Å². The Bertz CT molecular complexity index is 2190. The number of nitrogens with zero attached hydrogens (tertiary/aromatic N) is 1. The lowest BCUT2D eigenvalue weighted by molar-refractivity contribution is 0.570. The number of rotatable bonds is 1. The van der Waals surface area contributed by atoms with Crippen LogP contribution in [0.15, 0.2) is 117 Å². The zero-order chi connectivity index (χ0) is 23.1. The highest BCUT2D eigenvalue weighted by atomic mass is 16.4. The van der Waals surface area contributed by atoms with Crippen LogP contribution in [0.3, 0.4) is 0 Å². The number of para-hydroxylation sites is 3. The average molecular weight is 451 g/mol. The molecule has 0 radical (unpaired) electrons. The van der Waals surface area contributed by atoms with Gasteiger partial charge in [-0.25, -0.2) is 4.79 Å². The van der Waals surface area contributed by atoms with E-state index < -0.39 is 0 Å². The van der Waals surface area contributed by atoms with Crippen LogP contribution >= 0.6 is 0 Å². The molecule has 3 aromatic heterocycles. The Morgan fingerprint density at radius 1 is 0.457 bits per heavy atom. The maximum atomic E-state index is 12.9. The zero-order valence-electron chi connectivity index (χ0n) is 18.5. The van der Waals surface area contributed by atoms with E-state index in [9.17, 15) is 4.79 Å². The molecule has 4 heteroatoms. The van der Waals surface area contributed by atoms with E-state index in [0.29, 0.717) is 11.0 Å². The van der Waals surface area contributed by atoms with E-state index in [4.69, 9.17) is 8.83 Å². The summed E-state index contributed by atoms with van der Waals surface area (Å²) in [5.41, 5.74) is 5.19. The Balaban J connectivity index is 1.55. The second-order valence-corrected chi connectivity index (χ2v) is 8.93. The summed E-state index contributed by atoms with van der Waals surface area (Å²) >= 11 is 0. The molecule has 35 heavy (non-hydrogen) atoms. The van der Waals surface area contributed by atoms with Crippen molar-refractivity contribution >= 4 is 65.5 Å². The molecular weight excluding hydrogens is 434 g/mol. The van der Waals surface area contributed by atoms with Gasteiger partial charge < -0.3 is 13.4 Å². The molecule has 0 aliphatic carbocycles. The van der Waals surface area contributed by atoms with Crippen molar-refractivity contribution < 1.29 is 8.83 Å². The van der Waals surface area contributed by atoms with Crippen LogP contribution in [0.2, 0.25) is 0 Å². The van der Waals surface area contributed by atoms with Gasteiger partial charge >= 0.3 is 5.63 Å². The van der Waals surface area contributed by atoms with Gasteiger partial charge in [-0.05, 0) is 48.5 Å². The van der Waals surface area contributed by atoms with Crippen LogP contribution in [-0.4, -0.2) is 4.57 Å². The Morgan fingerprint density at radius 3 is 1.94 bits per heavy atom. The Hall–Kier alpha value is -4.83. The first-order valence-electron chi connectivity index (χ1n) is 11.6. The van der Waals surface area contributed by atoms with Crippen molar-refractivity contribution in [2.75, 3.05) is 0 Å². The Morgan fingerprint density at radius 2 is 1.11 bits per heavy atom. The smallest absolute Gasteiger partial charge is 0.344 e. The van der Waals surface area contributed by atoms with E-state index in [2.05, 4.69) is 41.0 Å². The fraction of sp³-hybridized carbons (Fsp3) is 0. The highest BCUT2D eigenvalue weighted by Crippen LogP contribution is 2.37. The molecule has 0 saturated heterocycles. The quantitative estimate of drug-likeness (QED) is 0.188. The molecule has 0 unspecified atom stereocenters. The minimum atomic E-state index is -0.316. The lowest BCUT2D eigenvalue weighted by Gasteiger charge is -2.09. The van der Waals surface area contributed by atoms with Crippen molar-refractivity contribution in [3.05, 3.63) is 114 Å². The van der Waals surface area contributed by atoms with Crippen molar-refractivity contribution in [2.24, 2.45) is 0 Å². The second kappa shape index (κ2) is 6.61. The Labute approximate surface area is 198 Å². The Kier molecular flexibility index (Phi) is 3.51. The normalized spacial score (nSPS) is 12.1. The molecule has 0 saturated carbocycles. The van der Waals surface area contributed by atoms with Gasteiger partial charge in [-0.3, -0.25) is 0 Å². The number of aromatic nitrogens is 1. The van der Waals surface area contributed by atoms with E-state index in [1.165, 1.54) is 0 Å². The largest absolute Gasteiger partial charge is 0.456 e. The average Bonchev–Trinajstić information content (AvgIpc) is 3.43. The van der Waals surface area contributed by atoms with Crippen LogP contribution in [0.1, 0.15) is 0 Å². The summed E-state index contributed by atoms with van der Waals surface area (Å²) in [6.45, 7) is 0. The molecule has 8 aromatic rings. The molecule has 164 valence electrons. The van der Waals surface area contributed by atoms with Crippen LogP contribution < -0.4 is 5.63 Å². The lowest BCUT2D eigenvalue weighted by atomic mass is 10.0. The van der Waals surface area contributed by atoms with Crippen LogP contribution in [0, 0.1) is 0 Å². The van der Waals surface area contributed by atoms with Gasteiger partial charge in [0.1, 0.15) is 16.7 Å². The fourth-order valence-corrected chi connectivity index (χ4v) is 5.47. The van der Waals surface area contributed by atoms with E-state index in [1.54, 1.807) is 0 Å². The third kappa shape index (κ3) is 2.48. The minimum absolute atomic E-state index is 0.316. The van der Waals surface area contributed by atoms with Crippen LogP contribution in [0.5, 0.6) is 0 Å². The van der Waals surface area contributed by atoms with E-state index in [-0.39, 0.29) is 5.63 Å². The van der Waals surface area contributed by atoms with Crippen molar-refractivity contribution in [1.82, 2.24) is 4.57 Å². The van der Waals surface area contributed by atoms with Gasteiger partial charge in [-0.15, -0.1) is 0 Å². The summed E-state index contributed by atoms with van der Waals surface area (Å²) < 4.78 is 14.0. The van der Waals surface area contributed by atoms with E-state index in [0.717, 1.165) is 60.2 Å². The molecule has 0 aliphatic heterocycles. The van der Waals surface area contributed by atoms with Gasteiger partial charge in [0, 0.05) is 38.0 Å². The van der Waals surface area contributed by atoms with Crippen molar-refractivity contribution in [3.63, 3.8) is 0 Å². The first-order valence-corrected chi connectivity index (χ1v) is 11.6. The van der Waals surface area contributed by atoms with Gasteiger partial charge in [0.2, 0.25) is 0 Å². The topological polar surface area (TPSA) is 48.3 Å². The minimum Gasteiger partial charge on any atom is -0.456 e. The monoisotopic (exact) mass is 451 g/mol. The summed E-state index contributed by atoms with van der Waals surface area (Å²) in [6, 6.07) is 34.6. The van der Waals surface area contributed by atoms with Gasteiger partial charge in [0.15, 0.2) is 0 Å². The number of hydrogen-bond donors (Lipinski definition) is 0. The van der Waals surface area contributed by atoms with E-state index in [1.807, 2.05) is 66.7 Å². The summed E-state index contributed by atoms with van der Waals surface area (Å²) in [6.07, 6.45) is 0. The summed E-state index contributed by atoms with van der Waals surface area (Å²) in [4.78, 5) is 12.9. The number of benzene rings is 5. The number of furan rings is 1. The fourth-order valence-electron chi connectivity index (χ4n) is 5.47. The van der Waals surface area contributed by atoms with E-state index >= 15 is 0 Å². The lowest BCUT2D eigenvalue weighted by Crippen LogP contribution is -2.00. The molecule has 0 amide bonds. The van der Waals surface area contributed by atoms with Gasteiger partial charge in [-0.1, -0.05) is 54.6 Å². The maximum Gasteiger partial charge on any atom is 0.344 e. The van der Waals surface area contributed by atoms with Crippen LogP contribution in [0.4, 0.5) is 0 Å². The van der Waals surface area contributed by atoms with Gasteiger partial charge in [-0.2, -0.15) is 0 Å². The highest BCUT2D eigenvalue weighted by molar-refractivity contribution is 6.17. The second-order valence-electron chi connectivity index (χ2n) is 8.93. The third-order valence-electron chi connectivity index (χ3n) is 7.03. The molecule has 0 bridgehead atoms. The number of fused-ring (bicyclic) bond motifs is 9. The predicted molar refractivity (Wildman–Crippen MR) is 142 cm³/mol. The summed E-state index contributed by atoms with van der Waals surface area (Å²) in [5.74, 6) is 0. The van der Waals surface area contributed by atoms with Crippen molar-refractivity contribution in [3.8, 4) is 5.69 Å². The molecule has 0 N–H and O–H groups in total. The molecule has 0 fully saturated rings. The molecule has 5 aromatic carbocycles. The first-order chi connectivity index (χ1) is 17.3. The first kappa shape index (κ1) is 18.6. The summed E-state index contributed by atoms with van der Waals surface area (Å²) in [5, 5.41) is 6.70. The predicted octanol–water partition coefficient (Wildman–Crippen LogP) is 7.94. The molecule has 0 spiro atoms.